The number of ether oxygens (including phenoxy) is 1. The molecule has 0 fully saturated rings. The van der Waals surface area contributed by atoms with Crippen molar-refractivity contribution < 1.29 is 18.6 Å². The Morgan fingerprint density at radius 2 is 2.00 bits per heavy atom. The summed E-state index contributed by atoms with van der Waals surface area (Å²) in [6, 6.07) is 8.78. The molecule has 5 heteroatoms. The Balaban J connectivity index is 2.28. The molecule has 0 aromatic heterocycles. The number of carbonyl (C=O) groups excluding carboxylic acids is 1. The molecule has 4 nitrogen and oxygen atoms in total. The quantitative estimate of drug-likeness (QED) is 0.440. The van der Waals surface area contributed by atoms with Gasteiger partial charge in [-0.05, 0) is 16.7 Å². The van der Waals surface area contributed by atoms with Crippen LogP contribution in [-0.4, -0.2) is 19.2 Å². The predicted octanol–water partition coefficient (Wildman–Crippen LogP) is 2.37. The van der Waals surface area contributed by atoms with Crippen molar-refractivity contribution in [1.82, 2.24) is 0 Å². The number of rotatable bonds is 5. The van der Waals surface area contributed by atoms with E-state index in [0.29, 0.717) is 5.75 Å². The number of hydrogen-bond acceptors (Lipinski definition) is 4. The molecule has 0 bridgehead atoms. The van der Waals surface area contributed by atoms with Crippen molar-refractivity contribution in [3.63, 3.8) is 0 Å². The minimum Gasteiger partial charge on any atom is -0.426 e. The maximum atomic E-state index is 11.2. The molecule has 0 saturated heterocycles. The van der Waals surface area contributed by atoms with Gasteiger partial charge < -0.3 is 4.74 Å². The van der Waals surface area contributed by atoms with Crippen molar-refractivity contribution in [2.45, 2.75) is 6.42 Å². The molecule has 80 valence electrons. The molecule has 0 aliphatic carbocycles. The minimum atomic E-state index is -1.65. The SMILES string of the molecule is C[P+](=O)OCCC(=O)Oc1ccccc1. The molecule has 0 radical (unpaired) electrons. The Kier molecular flexibility index (Phi) is 4.95. The van der Waals surface area contributed by atoms with Crippen LogP contribution in [0.1, 0.15) is 6.42 Å². The summed E-state index contributed by atoms with van der Waals surface area (Å²) in [6.45, 7) is 1.56. The van der Waals surface area contributed by atoms with Crippen LogP contribution in [0.2, 0.25) is 0 Å². The number of benzene rings is 1. The molecule has 0 amide bonds. The zero-order valence-corrected chi connectivity index (χ0v) is 9.28. The molecule has 1 atom stereocenters. The first-order valence-electron chi connectivity index (χ1n) is 4.48. The molecule has 0 aliphatic rings. The van der Waals surface area contributed by atoms with Gasteiger partial charge in [0.25, 0.3) is 0 Å². The lowest BCUT2D eigenvalue weighted by Gasteiger charge is -2.01. The van der Waals surface area contributed by atoms with Crippen molar-refractivity contribution in [3.05, 3.63) is 30.3 Å². The average Bonchev–Trinajstić information content (AvgIpc) is 2.18. The lowest BCUT2D eigenvalue weighted by atomic mass is 10.3. The summed E-state index contributed by atoms with van der Waals surface area (Å²) in [6.07, 6.45) is 0.101. The van der Waals surface area contributed by atoms with Crippen LogP contribution >= 0.6 is 8.03 Å². The van der Waals surface area contributed by atoms with Crippen LogP contribution < -0.4 is 4.74 Å². The predicted molar refractivity (Wildman–Crippen MR) is 56.2 cm³/mol. The summed E-state index contributed by atoms with van der Waals surface area (Å²) >= 11 is 0. The van der Waals surface area contributed by atoms with Crippen LogP contribution in [0.4, 0.5) is 0 Å². The van der Waals surface area contributed by atoms with E-state index in [2.05, 4.69) is 0 Å². The molecule has 15 heavy (non-hydrogen) atoms. The molecule has 0 N–H and O–H groups in total. The van der Waals surface area contributed by atoms with Crippen LogP contribution in [-0.2, 0) is 13.9 Å². The highest BCUT2D eigenvalue weighted by molar-refractivity contribution is 7.38. The van der Waals surface area contributed by atoms with Crippen molar-refractivity contribution in [3.8, 4) is 5.75 Å². The van der Waals surface area contributed by atoms with Gasteiger partial charge in [-0.3, -0.25) is 4.79 Å². The minimum absolute atomic E-state index is 0.101. The summed E-state index contributed by atoms with van der Waals surface area (Å²) in [7, 11) is -1.65. The van der Waals surface area contributed by atoms with E-state index in [9.17, 15) is 9.36 Å². The first-order valence-corrected chi connectivity index (χ1v) is 6.10. The van der Waals surface area contributed by atoms with E-state index in [1.165, 1.54) is 6.66 Å². The maximum Gasteiger partial charge on any atom is 0.504 e. The topological polar surface area (TPSA) is 52.6 Å². The highest BCUT2D eigenvalue weighted by atomic mass is 31.1. The van der Waals surface area contributed by atoms with Gasteiger partial charge in [0.1, 0.15) is 12.4 Å². The van der Waals surface area contributed by atoms with Crippen LogP contribution in [0, 0.1) is 0 Å². The van der Waals surface area contributed by atoms with Gasteiger partial charge in [-0.1, -0.05) is 18.2 Å². The smallest absolute Gasteiger partial charge is 0.426 e. The molecule has 1 aromatic rings. The van der Waals surface area contributed by atoms with E-state index in [4.69, 9.17) is 9.26 Å². The third-order valence-corrected chi connectivity index (χ3v) is 2.10. The monoisotopic (exact) mass is 227 g/mol. The second-order valence-electron chi connectivity index (χ2n) is 2.81. The Bertz CT molecular complexity index is 337. The Labute approximate surface area is 89.1 Å². The molecule has 0 saturated carbocycles. The Hall–Kier alpha value is -1.25. The van der Waals surface area contributed by atoms with E-state index in [-0.39, 0.29) is 13.0 Å². The molecular formula is C10H12O4P+. The summed E-state index contributed by atoms with van der Waals surface area (Å²) < 4.78 is 20.3. The highest BCUT2D eigenvalue weighted by Gasteiger charge is 2.10. The summed E-state index contributed by atoms with van der Waals surface area (Å²) in [5.41, 5.74) is 0. The molecule has 1 rings (SSSR count). The van der Waals surface area contributed by atoms with Gasteiger partial charge in [0.2, 0.25) is 0 Å². The normalized spacial score (nSPS) is 10.9. The van der Waals surface area contributed by atoms with Gasteiger partial charge >= 0.3 is 14.0 Å². The largest absolute Gasteiger partial charge is 0.504 e. The van der Waals surface area contributed by atoms with Crippen LogP contribution in [0.15, 0.2) is 30.3 Å². The second kappa shape index (κ2) is 6.27. The van der Waals surface area contributed by atoms with E-state index >= 15 is 0 Å². The molecule has 1 unspecified atom stereocenters. The fourth-order valence-corrected chi connectivity index (χ4v) is 1.28. The van der Waals surface area contributed by atoms with Crippen LogP contribution in [0.25, 0.3) is 0 Å². The number of carbonyl (C=O) groups is 1. The Morgan fingerprint density at radius 1 is 1.33 bits per heavy atom. The lowest BCUT2D eigenvalue weighted by molar-refractivity contribution is -0.134. The number of esters is 1. The van der Waals surface area contributed by atoms with Crippen molar-refractivity contribution in [1.29, 1.82) is 0 Å². The van der Waals surface area contributed by atoms with E-state index in [1.807, 2.05) is 6.07 Å². The van der Waals surface area contributed by atoms with Crippen LogP contribution in [0.3, 0.4) is 0 Å². The van der Waals surface area contributed by atoms with Crippen LogP contribution in [0.5, 0.6) is 5.75 Å². The van der Waals surface area contributed by atoms with E-state index in [0.717, 1.165) is 0 Å². The fraction of sp³-hybridized carbons (Fsp3) is 0.300. The number of hydrogen-bond donors (Lipinski definition) is 0. The molecule has 1 aromatic carbocycles. The second-order valence-corrected chi connectivity index (χ2v) is 3.95. The first kappa shape index (κ1) is 11.8. The third-order valence-electron chi connectivity index (χ3n) is 1.55. The summed E-state index contributed by atoms with van der Waals surface area (Å²) in [4.78, 5) is 11.2. The molecule has 0 spiro atoms. The van der Waals surface area contributed by atoms with E-state index in [1.54, 1.807) is 24.3 Å². The van der Waals surface area contributed by atoms with Crippen molar-refractivity contribution in [2.75, 3.05) is 13.3 Å². The van der Waals surface area contributed by atoms with Gasteiger partial charge in [0.05, 0.1) is 6.42 Å². The number of para-hydroxylation sites is 1. The Morgan fingerprint density at radius 3 is 2.60 bits per heavy atom. The lowest BCUT2D eigenvalue weighted by Crippen LogP contribution is -2.09. The molecule has 0 aliphatic heterocycles. The van der Waals surface area contributed by atoms with Gasteiger partial charge in [0, 0.05) is 0 Å². The maximum absolute atomic E-state index is 11.2. The average molecular weight is 227 g/mol. The summed E-state index contributed by atoms with van der Waals surface area (Å²) in [5, 5.41) is 0. The van der Waals surface area contributed by atoms with Crippen molar-refractivity contribution >= 4 is 14.0 Å². The first-order chi connectivity index (χ1) is 7.18. The zero-order chi connectivity index (χ0) is 11.1. The van der Waals surface area contributed by atoms with Gasteiger partial charge in [-0.2, -0.15) is 0 Å². The van der Waals surface area contributed by atoms with Gasteiger partial charge in [0.15, 0.2) is 6.66 Å². The summed E-state index contributed by atoms with van der Waals surface area (Å²) in [5.74, 6) is 0.112. The van der Waals surface area contributed by atoms with E-state index < -0.39 is 14.0 Å². The van der Waals surface area contributed by atoms with Crippen molar-refractivity contribution in [2.24, 2.45) is 0 Å². The third kappa shape index (κ3) is 5.25. The standard InChI is InChI=1S/C10H12O4P/c1-15(12)13-8-7-10(11)14-9-5-3-2-4-6-9/h2-6H,7-8H2,1H3/q+1. The van der Waals surface area contributed by atoms with Gasteiger partial charge in [-0.15, -0.1) is 4.52 Å². The van der Waals surface area contributed by atoms with Gasteiger partial charge in [-0.25, -0.2) is 0 Å². The molecular weight excluding hydrogens is 215 g/mol. The molecule has 0 heterocycles. The zero-order valence-electron chi connectivity index (χ0n) is 8.38. The fourth-order valence-electron chi connectivity index (χ4n) is 0.929. The highest BCUT2D eigenvalue weighted by Crippen LogP contribution is 2.15.